The number of aryl methyl sites for hydroxylation is 1. The molecule has 0 fully saturated rings. The molecule has 0 unspecified atom stereocenters. The summed E-state index contributed by atoms with van der Waals surface area (Å²) in [7, 11) is -0.249. The van der Waals surface area contributed by atoms with E-state index in [1.807, 2.05) is 4.72 Å². The van der Waals surface area contributed by atoms with Crippen LogP contribution in [0.4, 0.5) is 16.4 Å². The first-order valence-corrected chi connectivity index (χ1v) is 10.3. The van der Waals surface area contributed by atoms with Gasteiger partial charge in [0.25, 0.3) is 15.9 Å². The second-order valence-corrected chi connectivity index (χ2v) is 8.18. The standard InChI is InChI=1S/C18H22N6O6S/c1-10-8-15(30-5)21-17(19-10)22-18(27)23-31(28,29)14-9-12(20-11(2)25)6-7-13(14)16(26)24(3)4/h6-9H,1-5H3,(H,20,25)(H2,19,21,22,23,27). The molecule has 0 aliphatic rings. The first-order chi connectivity index (χ1) is 14.4. The smallest absolute Gasteiger partial charge is 0.335 e. The van der Waals surface area contributed by atoms with Gasteiger partial charge in [0.05, 0.1) is 12.7 Å². The number of sulfonamides is 1. The number of urea groups is 1. The summed E-state index contributed by atoms with van der Waals surface area (Å²) < 4.78 is 32.6. The van der Waals surface area contributed by atoms with Crippen LogP contribution in [0.2, 0.25) is 0 Å². The summed E-state index contributed by atoms with van der Waals surface area (Å²) in [6.45, 7) is 2.88. The molecule has 0 atom stereocenters. The van der Waals surface area contributed by atoms with Gasteiger partial charge in [0.1, 0.15) is 4.90 Å². The van der Waals surface area contributed by atoms with Gasteiger partial charge in [-0.1, -0.05) is 0 Å². The summed E-state index contributed by atoms with van der Waals surface area (Å²) >= 11 is 0. The fraction of sp³-hybridized carbons (Fsp3) is 0.278. The molecule has 13 heteroatoms. The molecule has 0 saturated heterocycles. The SMILES string of the molecule is COc1cc(C)nc(NC(=O)NS(=O)(=O)c2cc(NC(C)=O)ccc2C(=O)N(C)C)n1. The average Bonchev–Trinajstić information content (AvgIpc) is 2.65. The van der Waals surface area contributed by atoms with Crippen molar-refractivity contribution in [2.45, 2.75) is 18.7 Å². The van der Waals surface area contributed by atoms with E-state index in [1.54, 1.807) is 6.92 Å². The number of anilines is 2. The third kappa shape index (κ3) is 6.12. The first-order valence-electron chi connectivity index (χ1n) is 8.79. The summed E-state index contributed by atoms with van der Waals surface area (Å²) in [5.74, 6) is -1.05. The third-order valence-electron chi connectivity index (χ3n) is 3.72. The van der Waals surface area contributed by atoms with E-state index in [9.17, 15) is 22.8 Å². The van der Waals surface area contributed by atoms with E-state index in [1.165, 1.54) is 51.2 Å². The topological polar surface area (TPSA) is 160 Å². The van der Waals surface area contributed by atoms with Gasteiger partial charge >= 0.3 is 6.03 Å². The van der Waals surface area contributed by atoms with Crippen LogP contribution in [-0.4, -0.2) is 62.3 Å². The number of aromatic nitrogens is 2. The summed E-state index contributed by atoms with van der Waals surface area (Å²) in [5.41, 5.74) is 0.426. The van der Waals surface area contributed by atoms with Gasteiger partial charge in [-0.2, -0.15) is 4.98 Å². The molecule has 3 N–H and O–H groups in total. The molecule has 31 heavy (non-hydrogen) atoms. The minimum Gasteiger partial charge on any atom is -0.481 e. The van der Waals surface area contributed by atoms with Crippen molar-refractivity contribution in [1.29, 1.82) is 0 Å². The maximum absolute atomic E-state index is 12.9. The Morgan fingerprint density at radius 3 is 2.32 bits per heavy atom. The molecule has 0 saturated carbocycles. The van der Waals surface area contributed by atoms with Crippen molar-refractivity contribution in [2.75, 3.05) is 31.8 Å². The van der Waals surface area contributed by atoms with E-state index in [0.29, 0.717) is 5.69 Å². The number of hydrogen-bond donors (Lipinski definition) is 3. The molecule has 0 aliphatic heterocycles. The van der Waals surface area contributed by atoms with Gasteiger partial charge in [0.15, 0.2) is 0 Å². The highest BCUT2D eigenvalue weighted by atomic mass is 32.2. The van der Waals surface area contributed by atoms with Gasteiger partial charge < -0.3 is 15.0 Å². The number of nitrogens with zero attached hydrogens (tertiary/aromatic N) is 3. The number of hydrogen-bond acceptors (Lipinski definition) is 8. The molecule has 1 heterocycles. The fourth-order valence-corrected chi connectivity index (χ4v) is 3.58. The second kappa shape index (κ2) is 9.38. The van der Waals surface area contributed by atoms with Gasteiger partial charge in [0, 0.05) is 38.5 Å². The zero-order chi connectivity index (χ0) is 23.3. The number of ether oxygens (including phenoxy) is 1. The van der Waals surface area contributed by atoms with Crippen molar-refractivity contribution >= 4 is 39.5 Å². The Hall–Kier alpha value is -3.74. The Morgan fingerprint density at radius 1 is 1.06 bits per heavy atom. The summed E-state index contributed by atoms with van der Waals surface area (Å²) in [6.07, 6.45) is 0. The van der Waals surface area contributed by atoms with Crippen LogP contribution in [0, 0.1) is 6.92 Å². The van der Waals surface area contributed by atoms with Crippen molar-refractivity contribution < 1.29 is 27.5 Å². The van der Waals surface area contributed by atoms with E-state index in [-0.39, 0.29) is 23.1 Å². The van der Waals surface area contributed by atoms with Crippen LogP contribution in [0.5, 0.6) is 5.88 Å². The Morgan fingerprint density at radius 2 is 1.74 bits per heavy atom. The van der Waals surface area contributed by atoms with Crippen LogP contribution in [0.3, 0.4) is 0 Å². The third-order valence-corrected chi connectivity index (χ3v) is 5.09. The van der Waals surface area contributed by atoms with Gasteiger partial charge in [-0.05, 0) is 25.1 Å². The van der Waals surface area contributed by atoms with Crippen molar-refractivity contribution in [3.8, 4) is 5.88 Å². The molecule has 12 nitrogen and oxygen atoms in total. The quantitative estimate of drug-likeness (QED) is 0.587. The van der Waals surface area contributed by atoms with E-state index < -0.39 is 32.8 Å². The highest BCUT2D eigenvalue weighted by Gasteiger charge is 2.26. The minimum atomic E-state index is -4.52. The predicted molar refractivity (Wildman–Crippen MR) is 111 cm³/mol. The number of carbonyl (C=O) groups excluding carboxylic acids is 3. The Kier molecular flexibility index (Phi) is 7.12. The lowest BCUT2D eigenvalue weighted by atomic mass is 10.2. The zero-order valence-electron chi connectivity index (χ0n) is 17.5. The monoisotopic (exact) mass is 450 g/mol. The van der Waals surface area contributed by atoms with Crippen LogP contribution in [0.1, 0.15) is 23.0 Å². The zero-order valence-corrected chi connectivity index (χ0v) is 18.3. The Labute approximate surface area is 179 Å². The molecule has 1 aromatic heterocycles. The Bertz CT molecular complexity index is 1130. The number of rotatable bonds is 6. The predicted octanol–water partition coefficient (Wildman–Crippen LogP) is 0.964. The van der Waals surface area contributed by atoms with Crippen LogP contribution >= 0.6 is 0 Å². The number of amides is 4. The van der Waals surface area contributed by atoms with Crippen LogP contribution in [0.15, 0.2) is 29.2 Å². The molecular formula is C18H22N6O6S. The molecule has 0 bridgehead atoms. The van der Waals surface area contributed by atoms with Crippen LogP contribution < -0.4 is 20.1 Å². The fourth-order valence-electron chi connectivity index (χ4n) is 2.45. The van der Waals surface area contributed by atoms with Crippen molar-refractivity contribution in [3.63, 3.8) is 0 Å². The van der Waals surface area contributed by atoms with Gasteiger partial charge in [-0.25, -0.2) is 22.9 Å². The first kappa shape index (κ1) is 23.5. The van der Waals surface area contributed by atoms with Crippen LogP contribution in [0.25, 0.3) is 0 Å². The second-order valence-electron chi connectivity index (χ2n) is 6.53. The lowest BCUT2D eigenvalue weighted by Gasteiger charge is -2.16. The van der Waals surface area contributed by atoms with E-state index in [2.05, 4.69) is 20.6 Å². The summed E-state index contributed by atoms with van der Waals surface area (Å²) in [5, 5.41) is 4.64. The van der Waals surface area contributed by atoms with Crippen molar-refractivity contribution in [2.24, 2.45) is 0 Å². The highest BCUT2D eigenvalue weighted by molar-refractivity contribution is 7.90. The number of benzene rings is 1. The van der Waals surface area contributed by atoms with Gasteiger partial charge in [-0.15, -0.1) is 0 Å². The van der Waals surface area contributed by atoms with Crippen molar-refractivity contribution in [1.82, 2.24) is 19.6 Å². The van der Waals surface area contributed by atoms with E-state index in [0.717, 1.165) is 6.07 Å². The molecule has 0 spiro atoms. The lowest BCUT2D eigenvalue weighted by molar-refractivity contribution is -0.114. The molecule has 1 aromatic carbocycles. The largest absolute Gasteiger partial charge is 0.481 e. The average molecular weight is 450 g/mol. The molecule has 4 amide bonds. The maximum atomic E-state index is 12.9. The summed E-state index contributed by atoms with van der Waals surface area (Å²) in [4.78, 5) is 44.6. The van der Waals surface area contributed by atoms with Crippen molar-refractivity contribution in [3.05, 3.63) is 35.5 Å². The molecule has 0 aliphatic carbocycles. The van der Waals surface area contributed by atoms with E-state index in [4.69, 9.17) is 4.74 Å². The maximum Gasteiger partial charge on any atom is 0.335 e. The molecule has 2 rings (SSSR count). The number of carbonyl (C=O) groups is 3. The normalized spacial score (nSPS) is 10.7. The minimum absolute atomic E-state index is 0.135. The molecule has 0 radical (unpaired) electrons. The molecule has 166 valence electrons. The number of nitrogens with one attached hydrogen (secondary N) is 3. The van der Waals surface area contributed by atoms with Crippen LogP contribution in [-0.2, 0) is 14.8 Å². The summed E-state index contributed by atoms with van der Waals surface area (Å²) in [6, 6.07) is 4.08. The lowest BCUT2D eigenvalue weighted by Crippen LogP contribution is -2.36. The van der Waals surface area contributed by atoms with E-state index >= 15 is 0 Å². The van der Waals surface area contributed by atoms with Gasteiger partial charge in [-0.3, -0.25) is 14.9 Å². The molecular weight excluding hydrogens is 428 g/mol. The van der Waals surface area contributed by atoms with Gasteiger partial charge in [0.2, 0.25) is 17.7 Å². The number of methoxy groups -OCH3 is 1. The molecule has 2 aromatic rings. The Balaban J connectivity index is 2.38. The highest BCUT2D eigenvalue weighted by Crippen LogP contribution is 2.22.